The van der Waals surface area contributed by atoms with E-state index in [9.17, 15) is 44.3 Å². The van der Waals surface area contributed by atoms with Crippen LogP contribution in [-0.2, 0) is 29.8 Å². The monoisotopic (exact) mass is 542 g/mol. The van der Waals surface area contributed by atoms with E-state index in [4.69, 9.17) is 4.74 Å². The van der Waals surface area contributed by atoms with E-state index in [1.54, 1.807) is 13.8 Å². The zero-order valence-corrected chi connectivity index (χ0v) is 19.6. The average Bonchev–Trinajstić information content (AvgIpc) is 2.79. The van der Waals surface area contributed by atoms with Crippen molar-refractivity contribution in [2.45, 2.75) is 63.8 Å². The van der Waals surface area contributed by atoms with Crippen LogP contribution >= 0.6 is 0 Å². The van der Waals surface area contributed by atoms with Gasteiger partial charge in [0.05, 0.1) is 29.0 Å². The van der Waals surface area contributed by atoms with Gasteiger partial charge in [-0.2, -0.15) is 39.5 Å². The van der Waals surface area contributed by atoms with Crippen LogP contribution in [0.15, 0.2) is 36.4 Å². The average molecular weight is 542 g/mol. The Kier molecular flexibility index (Phi) is 8.06. The number of nitrogens with zero attached hydrogens (tertiary/aromatic N) is 1. The molecular weight excluding hydrogens is 519 g/mol. The number of alkyl halides is 9. The Balaban J connectivity index is 2.03. The van der Waals surface area contributed by atoms with Crippen molar-refractivity contribution in [3.63, 3.8) is 0 Å². The van der Waals surface area contributed by atoms with Crippen molar-refractivity contribution in [2.24, 2.45) is 0 Å². The number of fused-ring (bicyclic) bond motifs is 1. The molecule has 3 rings (SSSR count). The van der Waals surface area contributed by atoms with Gasteiger partial charge in [0.25, 0.3) is 0 Å². The quantitative estimate of drug-likeness (QED) is 0.394. The molecule has 0 bridgehead atoms. The highest BCUT2D eigenvalue weighted by atomic mass is 19.4. The molecule has 0 spiro atoms. The van der Waals surface area contributed by atoms with Crippen molar-refractivity contribution in [3.05, 3.63) is 64.2 Å². The van der Waals surface area contributed by atoms with Crippen LogP contribution in [0, 0.1) is 0 Å². The maximum Gasteiger partial charge on any atom is 0.416 e. The van der Waals surface area contributed by atoms with Gasteiger partial charge in [0, 0.05) is 18.6 Å². The van der Waals surface area contributed by atoms with Crippen LogP contribution in [0.3, 0.4) is 0 Å². The number of ether oxygens (including phenoxy) is 1. The molecule has 204 valence electrons. The molecule has 0 aliphatic carbocycles. The van der Waals surface area contributed by atoms with E-state index >= 15 is 0 Å². The molecule has 1 aliphatic rings. The van der Waals surface area contributed by atoms with Gasteiger partial charge in [-0.25, -0.2) is 4.79 Å². The molecule has 1 amide bonds. The molecule has 0 aromatic heterocycles. The molecule has 1 N–H and O–H groups in total. The third-order valence-electron chi connectivity index (χ3n) is 6.00. The highest BCUT2D eigenvalue weighted by molar-refractivity contribution is 5.90. The molecule has 1 aliphatic heterocycles. The summed E-state index contributed by atoms with van der Waals surface area (Å²) in [7, 11) is 0. The van der Waals surface area contributed by atoms with E-state index in [0.717, 1.165) is 18.2 Å². The lowest BCUT2D eigenvalue weighted by Gasteiger charge is -2.40. The standard InChI is InChI=1S/C24H23F9N2O2/c1-3-17-11-19(34-12-13-7-15(23(28,29)30)9-16(8-13)24(31,32)33)18-10-14(22(25,26)27)5-6-20(18)35(17)21(36)37-4-2/h5-10,17,19,34H,3-4,11-12H2,1-2H3/t17-,19?/m1/s1. The highest BCUT2D eigenvalue weighted by Crippen LogP contribution is 2.42. The Morgan fingerprint density at radius 3 is 1.95 bits per heavy atom. The Bertz CT molecular complexity index is 1090. The number of hydrogen-bond acceptors (Lipinski definition) is 3. The maximum atomic E-state index is 13.4. The van der Waals surface area contributed by atoms with Crippen LogP contribution in [-0.4, -0.2) is 18.7 Å². The number of hydrogen-bond donors (Lipinski definition) is 1. The van der Waals surface area contributed by atoms with Crippen LogP contribution in [0.1, 0.15) is 60.5 Å². The van der Waals surface area contributed by atoms with Gasteiger partial charge in [0.2, 0.25) is 0 Å². The van der Waals surface area contributed by atoms with Gasteiger partial charge in [-0.1, -0.05) is 6.92 Å². The molecule has 1 unspecified atom stereocenters. The fourth-order valence-corrected chi connectivity index (χ4v) is 4.28. The number of benzene rings is 2. The van der Waals surface area contributed by atoms with Crippen LogP contribution < -0.4 is 10.2 Å². The summed E-state index contributed by atoms with van der Waals surface area (Å²) >= 11 is 0. The Hall–Kier alpha value is -2.96. The van der Waals surface area contributed by atoms with Gasteiger partial charge >= 0.3 is 24.6 Å². The second kappa shape index (κ2) is 10.4. The first-order valence-electron chi connectivity index (χ1n) is 11.2. The van der Waals surface area contributed by atoms with E-state index < -0.39 is 59.9 Å². The minimum Gasteiger partial charge on any atom is -0.449 e. The number of rotatable bonds is 5. The topological polar surface area (TPSA) is 41.6 Å². The van der Waals surface area contributed by atoms with Crippen LogP contribution in [0.2, 0.25) is 0 Å². The first-order valence-corrected chi connectivity index (χ1v) is 11.2. The Morgan fingerprint density at radius 2 is 1.46 bits per heavy atom. The molecule has 2 atom stereocenters. The van der Waals surface area contributed by atoms with Crippen molar-refractivity contribution < 1.29 is 49.0 Å². The minimum absolute atomic E-state index is 0.000644. The summed E-state index contributed by atoms with van der Waals surface area (Å²) in [6, 6.07) is 2.38. The van der Waals surface area contributed by atoms with Crippen LogP contribution in [0.25, 0.3) is 0 Å². The third kappa shape index (κ3) is 6.49. The Morgan fingerprint density at radius 1 is 0.892 bits per heavy atom. The SMILES string of the molecule is CCOC(=O)N1c2ccc(C(F)(F)F)cc2C(NCc2cc(C(F)(F)F)cc(C(F)(F)F)c2)C[C@H]1CC. The van der Waals surface area contributed by atoms with E-state index in [1.807, 2.05) is 0 Å². The van der Waals surface area contributed by atoms with E-state index in [0.29, 0.717) is 18.6 Å². The van der Waals surface area contributed by atoms with Gasteiger partial charge in [-0.05, 0) is 67.3 Å². The first kappa shape index (κ1) is 28.6. The van der Waals surface area contributed by atoms with Crippen LogP contribution in [0.5, 0.6) is 0 Å². The largest absolute Gasteiger partial charge is 0.449 e. The van der Waals surface area contributed by atoms with E-state index in [-0.39, 0.29) is 35.9 Å². The lowest BCUT2D eigenvalue weighted by Crippen LogP contribution is -2.47. The Labute approximate surface area is 206 Å². The van der Waals surface area contributed by atoms with Gasteiger partial charge in [0.15, 0.2) is 0 Å². The van der Waals surface area contributed by atoms with Crippen molar-refractivity contribution in [2.75, 3.05) is 11.5 Å². The predicted molar refractivity (Wildman–Crippen MR) is 116 cm³/mol. The van der Waals surface area contributed by atoms with Gasteiger partial charge in [-0.3, -0.25) is 4.90 Å². The zero-order chi connectivity index (χ0) is 27.8. The molecule has 2 aromatic rings. The van der Waals surface area contributed by atoms with Crippen molar-refractivity contribution in [1.82, 2.24) is 5.32 Å². The number of carbonyl (C=O) groups is 1. The molecular formula is C24H23F9N2O2. The summed E-state index contributed by atoms with van der Waals surface area (Å²) in [5, 5.41) is 2.81. The summed E-state index contributed by atoms with van der Waals surface area (Å²) < 4.78 is 125. The molecule has 0 saturated carbocycles. The predicted octanol–water partition coefficient (Wildman–Crippen LogP) is 7.72. The zero-order valence-electron chi connectivity index (χ0n) is 19.6. The molecule has 0 saturated heterocycles. The normalized spacial score (nSPS) is 18.5. The van der Waals surface area contributed by atoms with Gasteiger partial charge in [0.1, 0.15) is 0 Å². The number of amides is 1. The maximum absolute atomic E-state index is 13.4. The molecule has 13 heteroatoms. The number of nitrogens with one attached hydrogen (secondary N) is 1. The van der Waals surface area contributed by atoms with Crippen LogP contribution in [0.4, 0.5) is 50.0 Å². The van der Waals surface area contributed by atoms with Gasteiger partial charge < -0.3 is 10.1 Å². The van der Waals surface area contributed by atoms with Crippen molar-refractivity contribution in [1.29, 1.82) is 0 Å². The second-order valence-corrected chi connectivity index (χ2v) is 8.49. The number of anilines is 1. The number of halogens is 9. The lowest BCUT2D eigenvalue weighted by atomic mass is 9.88. The molecule has 1 heterocycles. The highest BCUT2D eigenvalue weighted by Gasteiger charge is 2.40. The van der Waals surface area contributed by atoms with Crippen molar-refractivity contribution >= 4 is 11.8 Å². The van der Waals surface area contributed by atoms with Gasteiger partial charge in [-0.15, -0.1) is 0 Å². The molecule has 37 heavy (non-hydrogen) atoms. The number of carbonyl (C=O) groups excluding carboxylic acids is 1. The molecule has 0 radical (unpaired) electrons. The fraction of sp³-hybridized carbons (Fsp3) is 0.458. The van der Waals surface area contributed by atoms with E-state index in [1.165, 1.54) is 4.90 Å². The summed E-state index contributed by atoms with van der Waals surface area (Å²) in [6.45, 7) is 2.81. The summed E-state index contributed by atoms with van der Waals surface area (Å²) in [4.78, 5) is 13.8. The molecule has 0 fully saturated rings. The lowest BCUT2D eigenvalue weighted by molar-refractivity contribution is -0.143. The minimum atomic E-state index is -5.04. The van der Waals surface area contributed by atoms with Crippen molar-refractivity contribution in [3.8, 4) is 0 Å². The second-order valence-electron chi connectivity index (χ2n) is 8.49. The molecule has 2 aromatic carbocycles. The molecule has 4 nitrogen and oxygen atoms in total. The first-order chi connectivity index (χ1) is 17.1. The smallest absolute Gasteiger partial charge is 0.416 e. The fourth-order valence-electron chi connectivity index (χ4n) is 4.28. The van der Waals surface area contributed by atoms with E-state index in [2.05, 4.69) is 5.32 Å². The third-order valence-corrected chi connectivity index (χ3v) is 6.00. The summed E-state index contributed by atoms with van der Waals surface area (Å²) in [6.07, 6.45) is -15.2. The summed E-state index contributed by atoms with van der Waals surface area (Å²) in [5.74, 6) is 0. The summed E-state index contributed by atoms with van der Waals surface area (Å²) in [5.41, 5.74) is -4.23.